The number of hydrogen-bond donors (Lipinski definition) is 1. The van der Waals surface area contributed by atoms with Gasteiger partial charge in [0.1, 0.15) is 5.82 Å². The minimum absolute atomic E-state index is 0.0181. The molecular weight excluding hydrogens is 418 g/mol. The number of nitrogens with zero attached hydrogens (tertiary/aromatic N) is 2. The van der Waals surface area contributed by atoms with Gasteiger partial charge in [0.25, 0.3) is 5.91 Å². The smallest absolute Gasteiger partial charge is 0.251 e. The Morgan fingerprint density at radius 3 is 2.56 bits per heavy atom. The van der Waals surface area contributed by atoms with Gasteiger partial charge in [0.15, 0.2) is 0 Å². The molecule has 0 radical (unpaired) electrons. The number of rotatable bonds is 10. The quantitative estimate of drug-likeness (QED) is 0.279. The Balaban J connectivity index is 1.29. The third kappa shape index (κ3) is 6.02. The van der Waals surface area contributed by atoms with Crippen molar-refractivity contribution in [2.75, 3.05) is 6.54 Å². The first kappa shape index (κ1) is 23.5. The van der Waals surface area contributed by atoms with Crippen molar-refractivity contribution in [1.82, 2.24) is 14.9 Å². The van der Waals surface area contributed by atoms with Crippen LogP contribution in [0.3, 0.4) is 0 Å². The van der Waals surface area contributed by atoms with E-state index in [1.807, 2.05) is 38.1 Å². The van der Waals surface area contributed by atoms with Gasteiger partial charge in [-0.15, -0.1) is 0 Å². The Kier molecular flexibility index (Phi) is 7.92. The molecule has 1 heterocycles. The molecule has 4 rings (SSSR count). The van der Waals surface area contributed by atoms with E-state index in [-0.39, 0.29) is 5.91 Å². The minimum Gasteiger partial charge on any atom is -0.352 e. The van der Waals surface area contributed by atoms with Gasteiger partial charge in [-0.05, 0) is 56.0 Å². The van der Waals surface area contributed by atoms with Crippen LogP contribution in [-0.4, -0.2) is 22.0 Å². The molecule has 0 unspecified atom stereocenters. The van der Waals surface area contributed by atoms with Gasteiger partial charge in [0, 0.05) is 25.1 Å². The van der Waals surface area contributed by atoms with Crippen LogP contribution in [-0.2, 0) is 13.0 Å². The molecule has 1 aromatic heterocycles. The molecule has 4 aromatic rings. The number of carbonyl (C=O) groups is 1. The molecule has 3 aromatic carbocycles. The summed E-state index contributed by atoms with van der Waals surface area (Å²) in [6, 6.07) is 24.7. The number of unbranched alkanes of at least 4 members (excludes halogenated alkanes) is 2. The first-order valence-corrected chi connectivity index (χ1v) is 12.1. The van der Waals surface area contributed by atoms with Crippen LogP contribution in [0.25, 0.3) is 17.1 Å². The highest BCUT2D eigenvalue weighted by Gasteiger charge is 2.10. The number of aromatic nitrogens is 2. The van der Waals surface area contributed by atoms with Gasteiger partial charge in [-0.1, -0.05) is 78.7 Å². The van der Waals surface area contributed by atoms with Crippen LogP contribution >= 0.6 is 0 Å². The number of fused-ring (bicyclic) bond motifs is 1. The Labute approximate surface area is 202 Å². The van der Waals surface area contributed by atoms with E-state index in [9.17, 15) is 4.79 Å². The van der Waals surface area contributed by atoms with E-state index in [1.54, 1.807) is 0 Å². The number of aryl methyl sites for hydroxylation is 3. The van der Waals surface area contributed by atoms with E-state index in [1.165, 1.54) is 16.6 Å². The van der Waals surface area contributed by atoms with E-state index >= 15 is 0 Å². The molecular formula is C30H33N3O. The van der Waals surface area contributed by atoms with E-state index in [0.717, 1.165) is 54.7 Å². The summed E-state index contributed by atoms with van der Waals surface area (Å²) >= 11 is 0. The highest BCUT2D eigenvalue weighted by atomic mass is 16.1. The monoisotopic (exact) mass is 451 g/mol. The standard InChI is InChI=1S/C30H33N3O/c1-23-18-19-26(24(2)22-23)30(34)31-20-10-4-7-17-29-32-27-15-8-9-16-28(27)33(29)21-11-14-25-12-5-3-6-13-25/h3,5-6,8-9,11-16,18-19,22H,4,7,10,17,20-21H2,1-2H3,(H,31,34)/b14-11+. The minimum atomic E-state index is 0.0181. The van der Waals surface area contributed by atoms with Crippen LogP contribution in [0.1, 0.15) is 52.1 Å². The van der Waals surface area contributed by atoms with E-state index in [0.29, 0.717) is 6.54 Å². The van der Waals surface area contributed by atoms with Crippen molar-refractivity contribution in [2.24, 2.45) is 0 Å². The lowest BCUT2D eigenvalue weighted by molar-refractivity contribution is 0.0952. The molecule has 0 atom stereocenters. The van der Waals surface area contributed by atoms with E-state index in [4.69, 9.17) is 4.98 Å². The van der Waals surface area contributed by atoms with Crippen molar-refractivity contribution in [3.05, 3.63) is 107 Å². The second kappa shape index (κ2) is 11.5. The molecule has 34 heavy (non-hydrogen) atoms. The van der Waals surface area contributed by atoms with Gasteiger partial charge in [-0.3, -0.25) is 4.79 Å². The Hall–Kier alpha value is -3.66. The summed E-state index contributed by atoms with van der Waals surface area (Å²) in [5.41, 5.74) is 6.40. The first-order chi connectivity index (χ1) is 16.6. The molecule has 0 bridgehead atoms. The van der Waals surface area contributed by atoms with Gasteiger partial charge < -0.3 is 9.88 Å². The van der Waals surface area contributed by atoms with Crippen molar-refractivity contribution in [2.45, 2.75) is 46.1 Å². The van der Waals surface area contributed by atoms with Crippen molar-refractivity contribution >= 4 is 23.0 Å². The highest BCUT2D eigenvalue weighted by molar-refractivity contribution is 5.95. The second-order valence-corrected chi connectivity index (χ2v) is 8.83. The summed E-state index contributed by atoms with van der Waals surface area (Å²) in [7, 11) is 0. The lowest BCUT2D eigenvalue weighted by Gasteiger charge is -2.09. The van der Waals surface area contributed by atoms with Gasteiger partial charge in [0.05, 0.1) is 11.0 Å². The molecule has 0 spiro atoms. The predicted molar refractivity (Wildman–Crippen MR) is 141 cm³/mol. The number of allylic oxidation sites excluding steroid dienone is 1. The van der Waals surface area contributed by atoms with Crippen LogP contribution in [0.15, 0.2) is 78.9 Å². The lowest BCUT2D eigenvalue weighted by atomic mass is 10.1. The number of imidazole rings is 1. The van der Waals surface area contributed by atoms with Gasteiger partial charge in [-0.2, -0.15) is 0 Å². The van der Waals surface area contributed by atoms with Crippen LogP contribution in [0, 0.1) is 13.8 Å². The molecule has 0 saturated heterocycles. The molecule has 1 N–H and O–H groups in total. The summed E-state index contributed by atoms with van der Waals surface area (Å²) in [4.78, 5) is 17.3. The maximum Gasteiger partial charge on any atom is 0.251 e. The maximum absolute atomic E-state index is 12.4. The topological polar surface area (TPSA) is 46.9 Å². The fourth-order valence-electron chi connectivity index (χ4n) is 4.33. The number of hydrogen-bond acceptors (Lipinski definition) is 2. The summed E-state index contributed by atoms with van der Waals surface area (Å²) < 4.78 is 2.32. The van der Waals surface area contributed by atoms with Gasteiger partial charge in [-0.25, -0.2) is 4.98 Å². The van der Waals surface area contributed by atoms with Crippen LogP contribution in [0.4, 0.5) is 0 Å². The van der Waals surface area contributed by atoms with Gasteiger partial charge >= 0.3 is 0 Å². The number of benzene rings is 3. The first-order valence-electron chi connectivity index (χ1n) is 12.1. The third-order valence-corrected chi connectivity index (χ3v) is 6.12. The van der Waals surface area contributed by atoms with Crippen molar-refractivity contribution in [1.29, 1.82) is 0 Å². The second-order valence-electron chi connectivity index (χ2n) is 8.83. The van der Waals surface area contributed by atoms with Crippen LogP contribution in [0.2, 0.25) is 0 Å². The number of carbonyl (C=O) groups excluding carboxylic acids is 1. The van der Waals surface area contributed by atoms with Crippen LogP contribution in [0.5, 0.6) is 0 Å². The zero-order chi connectivity index (χ0) is 23.8. The molecule has 174 valence electrons. The Morgan fingerprint density at radius 1 is 0.941 bits per heavy atom. The normalized spacial score (nSPS) is 11.4. The molecule has 4 nitrogen and oxygen atoms in total. The predicted octanol–water partition coefficient (Wildman–Crippen LogP) is 6.51. The SMILES string of the molecule is Cc1ccc(C(=O)NCCCCCc2nc3ccccc3n2C/C=C/c2ccccc2)c(C)c1. The number of para-hydroxylation sites is 2. The molecule has 0 fully saturated rings. The summed E-state index contributed by atoms with van der Waals surface area (Å²) in [5, 5.41) is 3.07. The Morgan fingerprint density at radius 2 is 1.74 bits per heavy atom. The number of nitrogens with one attached hydrogen (secondary N) is 1. The van der Waals surface area contributed by atoms with Gasteiger partial charge in [0.2, 0.25) is 0 Å². The highest BCUT2D eigenvalue weighted by Crippen LogP contribution is 2.18. The average molecular weight is 452 g/mol. The molecule has 0 aliphatic carbocycles. The molecule has 4 heteroatoms. The fraction of sp³-hybridized carbons (Fsp3) is 0.267. The largest absolute Gasteiger partial charge is 0.352 e. The molecule has 1 amide bonds. The van der Waals surface area contributed by atoms with E-state index in [2.05, 4.69) is 70.6 Å². The van der Waals surface area contributed by atoms with Crippen molar-refractivity contribution in [3.63, 3.8) is 0 Å². The fourth-order valence-corrected chi connectivity index (χ4v) is 4.33. The third-order valence-electron chi connectivity index (χ3n) is 6.12. The molecule has 0 aliphatic rings. The zero-order valence-electron chi connectivity index (χ0n) is 20.1. The maximum atomic E-state index is 12.4. The van der Waals surface area contributed by atoms with E-state index < -0.39 is 0 Å². The summed E-state index contributed by atoms with van der Waals surface area (Å²) in [5.74, 6) is 1.14. The van der Waals surface area contributed by atoms with Crippen LogP contribution < -0.4 is 5.32 Å². The van der Waals surface area contributed by atoms with Crippen molar-refractivity contribution in [3.8, 4) is 0 Å². The average Bonchev–Trinajstić information content (AvgIpc) is 3.19. The van der Waals surface area contributed by atoms with Crippen molar-refractivity contribution < 1.29 is 4.79 Å². The summed E-state index contributed by atoms with van der Waals surface area (Å²) in [6.45, 7) is 5.53. The zero-order valence-corrected chi connectivity index (χ0v) is 20.1. The number of amides is 1. The molecule has 0 saturated carbocycles. The lowest BCUT2D eigenvalue weighted by Crippen LogP contribution is -2.25. The summed E-state index contributed by atoms with van der Waals surface area (Å²) in [6.07, 6.45) is 8.36. The Bertz CT molecular complexity index is 1270. The molecule has 0 aliphatic heterocycles.